The molecule has 1 saturated carbocycles. The summed E-state index contributed by atoms with van der Waals surface area (Å²) in [6, 6.07) is 10.2. The van der Waals surface area contributed by atoms with Gasteiger partial charge in [0.05, 0.1) is 12.1 Å². The molecule has 0 atom stereocenters. The van der Waals surface area contributed by atoms with Crippen LogP contribution in [0, 0.1) is 5.41 Å². The zero-order valence-corrected chi connectivity index (χ0v) is 11.1. The molecular formula is C16H20N2O. The van der Waals surface area contributed by atoms with Gasteiger partial charge in [-0.25, -0.2) is 0 Å². The average molecular weight is 256 g/mol. The Balaban J connectivity index is 1.83. The molecule has 0 radical (unpaired) electrons. The fourth-order valence-electron chi connectivity index (χ4n) is 3.21. The van der Waals surface area contributed by atoms with Crippen molar-refractivity contribution in [3.05, 3.63) is 41.7 Å². The Morgan fingerprint density at radius 2 is 1.74 bits per heavy atom. The topological polar surface area (TPSA) is 47.3 Å². The Labute approximate surface area is 114 Å². The highest BCUT2D eigenvalue weighted by atomic mass is 16.3. The van der Waals surface area contributed by atoms with Crippen LogP contribution < -0.4 is 0 Å². The van der Waals surface area contributed by atoms with Crippen molar-refractivity contribution in [2.45, 2.75) is 38.1 Å². The van der Waals surface area contributed by atoms with Gasteiger partial charge in [-0.2, -0.15) is 0 Å². The Kier molecular flexibility index (Phi) is 3.28. The van der Waals surface area contributed by atoms with Crippen LogP contribution in [0.3, 0.4) is 0 Å². The van der Waals surface area contributed by atoms with Crippen molar-refractivity contribution in [3.8, 4) is 0 Å². The van der Waals surface area contributed by atoms with Crippen molar-refractivity contribution in [2.75, 3.05) is 6.54 Å². The minimum atomic E-state index is 0.349. The summed E-state index contributed by atoms with van der Waals surface area (Å²) in [6.07, 6.45) is 6.10. The molecule has 1 aliphatic heterocycles. The van der Waals surface area contributed by atoms with Gasteiger partial charge in [-0.1, -0.05) is 49.6 Å². The van der Waals surface area contributed by atoms with Crippen LogP contribution in [0.4, 0.5) is 0 Å². The quantitative estimate of drug-likeness (QED) is 0.849. The normalized spacial score (nSPS) is 21.3. The van der Waals surface area contributed by atoms with Crippen molar-refractivity contribution in [3.63, 3.8) is 0 Å². The van der Waals surface area contributed by atoms with Crippen LogP contribution in [-0.2, 0) is 0 Å². The van der Waals surface area contributed by atoms with Crippen LogP contribution in [-0.4, -0.2) is 28.4 Å². The number of nitrogens with zero attached hydrogens (tertiary/aromatic N) is 1. The molecule has 1 aliphatic carbocycles. The highest BCUT2D eigenvalue weighted by molar-refractivity contribution is 6.23. The lowest BCUT2D eigenvalue weighted by Gasteiger charge is -2.32. The predicted molar refractivity (Wildman–Crippen MR) is 77.3 cm³/mol. The number of benzene rings is 1. The summed E-state index contributed by atoms with van der Waals surface area (Å²) < 4.78 is 0. The van der Waals surface area contributed by atoms with E-state index in [1.165, 1.54) is 19.3 Å². The van der Waals surface area contributed by atoms with Crippen molar-refractivity contribution >= 4 is 11.4 Å². The van der Waals surface area contributed by atoms with E-state index in [1.807, 2.05) is 30.3 Å². The SMILES string of the molecule is N=C1C(c2ccccc2)=C(O)CN1C1CCCCC1. The van der Waals surface area contributed by atoms with Gasteiger partial charge in [0.25, 0.3) is 0 Å². The van der Waals surface area contributed by atoms with E-state index in [4.69, 9.17) is 5.41 Å². The lowest BCUT2D eigenvalue weighted by atomic mass is 9.94. The molecule has 2 N–H and O–H groups in total. The standard InChI is InChI=1S/C16H20N2O/c17-16-15(12-7-3-1-4-8-12)14(19)11-18(16)13-9-5-2-6-10-13/h1,3-4,7-8,13,17,19H,2,5-6,9-11H2. The Morgan fingerprint density at radius 3 is 2.42 bits per heavy atom. The van der Waals surface area contributed by atoms with Gasteiger partial charge < -0.3 is 10.0 Å². The largest absolute Gasteiger partial charge is 0.510 e. The lowest BCUT2D eigenvalue weighted by molar-refractivity contribution is 0.241. The maximum atomic E-state index is 10.2. The van der Waals surface area contributed by atoms with E-state index in [1.54, 1.807) is 0 Å². The minimum absolute atomic E-state index is 0.349. The zero-order chi connectivity index (χ0) is 13.2. The van der Waals surface area contributed by atoms with Gasteiger partial charge in [0, 0.05) is 6.04 Å². The predicted octanol–water partition coefficient (Wildman–Crippen LogP) is 3.58. The second-order valence-electron chi connectivity index (χ2n) is 5.46. The third-order valence-electron chi connectivity index (χ3n) is 4.21. The Morgan fingerprint density at radius 1 is 1.05 bits per heavy atom. The second kappa shape index (κ2) is 5.08. The molecule has 3 heteroatoms. The molecule has 0 spiro atoms. The van der Waals surface area contributed by atoms with Crippen LogP contribution >= 0.6 is 0 Å². The first kappa shape index (κ1) is 12.3. The summed E-state index contributed by atoms with van der Waals surface area (Å²) in [4.78, 5) is 2.08. The fourth-order valence-corrected chi connectivity index (χ4v) is 3.21. The molecule has 19 heavy (non-hydrogen) atoms. The highest BCUT2D eigenvalue weighted by Gasteiger charge is 2.33. The molecule has 3 nitrogen and oxygen atoms in total. The minimum Gasteiger partial charge on any atom is -0.510 e. The number of hydrogen-bond acceptors (Lipinski definition) is 2. The van der Waals surface area contributed by atoms with E-state index < -0.39 is 0 Å². The molecule has 1 heterocycles. The number of amidine groups is 1. The summed E-state index contributed by atoms with van der Waals surface area (Å²) in [5.74, 6) is 0.845. The van der Waals surface area contributed by atoms with E-state index >= 15 is 0 Å². The summed E-state index contributed by atoms with van der Waals surface area (Å²) in [7, 11) is 0. The molecule has 1 aromatic carbocycles. The number of nitrogens with one attached hydrogen (secondary N) is 1. The van der Waals surface area contributed by atoms with Gasteiger partial charge in [0.2, 0.25) is 0 Å². The van der Waals surface area contributed by atoms with Crippen LogP contribution in [0.5, 0.6) is 0 Å². The molecule has 0 aromatic heterocycles. The number of aliphatic hydroxyl groups excluding tert-OH is 1. The zero-order valence-electron chi connectivity index (χ0n) is 11.1. The molecule has 0 saturated heterocycles. The highest BCUT2D eigenvalue weighted by Crippen LogP contribution is 2.32. The van der Waals surface area contributed by atoms with Crippen LogP contribution in [0.1, 0.15) is 37.7 Å². The van der Waals surface area contributed by atoms with Gasteiger partial charge in [0.15, 0.2) is 0 Å². The van der Waals surface area contributed by atoms with Crippen molar-refractivity contribution < 1.29 is 5.11 Å². The molecule has 3 rings (SSSR count). The summed E-state index contributed by atoms with van der Waals surface area (Å²) >= 11 is 0. The van der Waals surface area contributed by atoms with Crippen molar-refractivity contribution in [2.24, 2.45) is 0 Å². The van der Waals surface area contributed by atoms with E-state index in [2.05, 4.69) is 4.90 Å². The first-order valence-corrected chi connectivity index (χ1v) is 7.10. The first-order valence-electron chi connectivity index (χ1n) is 7.10. The van der Waals surface area contributed by atoms with Gasteiger partial charge in [-0.15, -0.1) is 0 Å². The lowest BCUT2D eigenvalue weighted by Crippen LogP contribution is -2.38. The third-order valence-corrected chi connectivity index (χ3v) is 4.21. The summed E-state index contributed by atoms with van der Waals surface area (Å²) in [5.41, 5.74) is 1.66. The van der Waals surface area contributed by atoms with Crippen LogP contribution in [0.2, 0.25) is 0 Å². The fraction of sp³-hybridized carbons (Fsp3) is 0.438. The van der Waals surface area contributed by atoms with E-state index in [0.29, 0.717) is 29.8 Å². The molecular weight excluding hydrogens is 236 g/mol. The summed E-state index contributed by atoms with van der Waals surface area (Å²) in [5, 5.41) is 18.6. The van der Waals surface area contributed by atoms with Gasteiger partial charge in [-0.05, 0) is 18.4 Å². The van der Waals surface area contributed by atoms with Gasteiger partial charge in [-0.3, -0.25) is 5.41 Å². The molecule has 0 amide bonds. The molecule has 1 fully saturated rings. The van der Waals surface area contributed by atoms with Gasteiger partial charge >= 0.3 is 0 Å². The maximum Gasteiger partial charge on any atom is 0.132 e. The second-order valence-corrected chi connectivity index (χ2v) is 5.46. The summed E-state index contributed by atoms with van der Waals surface area (Å²) in [6.45, 7) is 0.508. The Hall–Kier alpha value is -1.77. The van der Waals surface area contributed by atoms with Crippen molar-refractivity contribution in [1.29, 1.82) is 5.41 Å². The van der Waals surface area contributed by atoms with E-state index in [9.17, 15) is 5.11 Å². The molecule has 100 valence electrons. The van der Waals surface area contributed by atoms with E-state index in [0.717, 1.165) is 18.4 Å². The number of rotatable bonds is 2. The number of hydrogen-bond donors (Lipinski definition) is 2. The first-order chi connectivity index (χ1) is 9.27. The monoisotopic (exact) mass is 256 g/mol. The maximum absolute atomic E-state index is 10.2. The van der Waals surface area contributed by atoms with E-state index in [-0.39, 0.29) is 0 Å². The molecule has 0 bridgehead atoms. The van der Waals surface area contributed by atoms with Crippen molar-refractivity contribution in [1.82, 2.24) is 4.90 Å². The molecule has 1 aromatic rings. The van der Waals surface area contributed by atoms with Crippen LogP contribution in [0.25, 0.3) is 5.57 Å². The molecule has 0 unspecified atom stereocenters. The Bertz CT molecular complexity index is 501. The third kappa shape index (κ3) is 2.25. The smallest absolute Gasteiger partial charge is 0.132 e. The van der Waals surface area contributed by atoms with Gasteiger partial charge in [0.1, 0.15) is 11.6 Å². The van der Waals surface area contributed by atoms with Crippen LogP contribution in [0.15, 0.2) is 36.1 Å². The average Bonchev–Trinajstić information content (AvgIpc) is 2.76. The molecule has 2 aliphatic rings. The number of aliphatic hydroxyl groups is 1.